The number of benzene rings is 2. The summed E-state index contributed by atoms with van der Waals surface area (Å²) in [5.41, 5.74) is 5.37. The van der Waals surface area contributed by atoms with Crippen molar-refractivity contribution < 1.29 is 14.3 Å². The number of hydrogen-bond acceptors (Lipinski definition) is 3. The van der Waals surface area contributed by atoms with Gasteiger partial charge in [-0.3, -0.25) is 0 Å². The summed E-state index contributed by atoms with van der Waals surface area (Å²) < 4.78 is 10.6. The van der Waals surface area contributed by atoms with Crippen LogP contribution in [0.4, 0.5) is 0 Å². The van der Waals surface area contributed by atoms with Crippen LogP contribution in [-0.2, 0) is 4.74 Å². The van der Waals surface area contributed by atoms with Crippen LogP contribution < -0.4 is 4.74 Å². The first-order chi connectivity index (χ1) is 17.7. The van der Waals surface area contributed by atoms with Gasteiger partial charge in [-0.2, -0.15) is 0 Å². The van der Waals surface area contributed by atoms with Crippen LogP contribution >= 0.6 is 0 Å². The highest BCUT2D eigenvalue weighted by molar-refractivity contribution is 5.89. The minimum atomic E-state index is -0.273. The number of ether oxygens (including phenoxy) is 2. The molecule has 0 aliphatic rings. The van der Waals surface area contributed by atoms with Gasteiger partial charge in [0.25, 0.3) is 0 Å². The van der Waals surface area contributed by atoms with E-state index < -0.39 is 0 Å². The second-order valence-electron chi connectivity index (χ2n) is 8.85. The van der Waals surface area contributed by atoms with Gasteiger partial charge in [-0.1, -0.05) is 98.4 Å². The molecule has 0 N–H and O–H groups in total. The van der Waals surface area contributed by atoms with Gasteiger partial charge < -0.3 is 9.47 Å². The fraction of sp³-hybridized carbons (Fsp3) is 0.500. The molecule has 2 aromatic rings. The first-order valence-corrected chi connectivity index (χ1v) is 14.0. The molecule has 0 saturated heterocycles. The standard InChI is InChI=1S/C18H26O2.C12H16O.2C2H6/c1-6-10-20-18(19)16-9-8-14(5)17(12-16)15(7-2)11-13(3)4;1-4-8-13-12-7-5-6-11(9-12)10(2)3;2*1-2/h6,8-9,12-13,15H,1,7,10-11H2,2-5H3;5-7,9H,2,4,8H2,1,3H3;2*1-2H3. The molecule has 3 nitrogen and oxygen atoms in total. The van der Waals surface area contributed by atoms with Gasteiger partial charge in [0.05, 0.1) is 12.2 Å². The summed E-state index contributed by atoms with van der Waals surface area (Å²) >= 11 is 0. The minimum absolute atomic E-state index is 0.255. The van der Waals surface area contributed by atoms with Gasteiger partial charge in [0.1, 0.15) is 12.4 Å². The lowest BCUT2D eigenvalue weighted by Crippen LogP contribution is -2.09. The van der Waals surface area contributed by atoms with Crippen molar-refractivity contribution in [3.8, 4) is 5.75 Å². The SMILES string of the molecule is C=C(C)c1cccc(OCCC)c1.C=CCOC(=O)c1ccc(C)c(C(CC)CC(C)C)c1.CC.CC. The van der Waals surface area contributed by atoms with Gasteiger partial charge in [-0.15, -0.1) is 0 Å². The second-order valence-corrected chi connectivity index (χ2v) is 8.85. The number of rotatable bonds is 11. The summed E-state index contributed by atoms with van der Waals surface area (Å²) in [7, 11) is 0. The molecule has 3 heteroatoms. The van der Waals surface area contributed by atoms with Gasteiger partial charge in [0.15, 0.2) is 0 Å². The van der Waals surface area contributed by atoms with Crippen LogP contribution in [0.5, 0.6) is 5.75 Å². The number of hydrogen-bond donors (Lipinski definition) is 0. The number of carbonyl (C=O) groups excluding carboxylic acids is 1. The first-order valence-electron chi connectivity index (χ1n) is 14.0. The average molecular weight is 511 g/mol. The van der Waals surface area contributed by atoms with E-state index in [0.29, 0.717) is 17.4 Å². The van der Waals surface area contributed by atoms with E-state index in [2.05, 4.69) is 47.8 Å². The second kappa shape index (κ2) is 22.4. The van der Waals surface area contributed by atoms with Crippen LogP contribution in [-0.4, -0.2) is 19.2 Å². The molecule has 37 heavy (non-hydrogen) atoms. The lowest BCUT2D eigenvalue weighted by atomic mass is 9.85. The van der Waals surface area contributed by atoms with Gasteiger partial charge in [0.2, 0.25) is 0 Å². The smallest absolute Gasteiger partial charge is 0.338 e. The van der Waals surface area contributed by atoms with Crippen molar-refractivity contribution in [3.63, 3.8) is 0 Å². The highest BCUT2D eigenvalue weighted by Gasteiger charge is 2.16. The molecule has 2 rings (SSSR count). The van der Waals surface area contributed by atoms with Crippen LogP contribution in [0.3, 0.4) is 0 Å². The van der Waals surface area contributed by atoms with E-state index in [1.165, 1.54) is 11.1 Å². The Morgan fingerprint density at radius 3 is 2.16 bits per heavy atom. The van der Waals surface area contributed by atoms with Gasteiger partial charge >= 0.3 is 5.97 Å². The molecule has 0 radical (unpaired) electrons. The summed E-state index contributed by atoms with van der Waals surface area (Å²) in [6, 6.07) is 13.9. The van der Waals surface area contributed by atoms with Crippen molar-refractivity contribution in [1.29, 1.82) is 0 Å². The van der Waals surface area contributed by atoms with Crippen molar-refractivity contribution in [2.75, 3.05) is 13.2 Å². The Kier molecular flexibility index (Phi) is 22.0. The Bertz CT molecular complexity index is 896. The maximum absolute atomic E-state index is 11.9. The van der Waals surface area contributed by atoms with Gasteiger partial charge in [-0.25, -0.2) is 4.79 Å². The van der Waals surface area contributed by atoms with Crippen LogP contribution in [0.15, 0.2) is 61.7 Å². The van der Waals surface area contributed by atoms with Crippen molar-refractivity contribution in [3.05, 3.63) is 84.0 Å². The monoisotopic (exact) mass is 510 g/mol. The zero-order valence-corrected chi connectivity index (χ0v) is 25.4. The highest BCUT2D eigenvalue weighted by atomic mass is 16.5. The lowest BCUT2D eigenvalue weighted by Gasteiger charge is -2.20. The molecule has 208 valence electrons. The first kappa shape index (κ1) is 36.3. The van der Waals surface area contributed by atoms with Crippen LogP contribution in [0.1, 0.15) is 115 Å². The average Bonchev–Trinajstić information content (AvgIpc) is 2.92. The Hall–Kier alpha value is -2.81. The number of allylic oxidation sites excluding steroid dienone is 1. The molecule has 0 aromatic heterocycles. The largest absolute Gasteiger partial charge is 0.494 e. The van der Waals surface area contributed by atoms with Gasteiger partial charge in [-0.05, 0) is 85.9 Å². The number of esters is 1. The highest BCUT2D eigenvalue weighted by Crippen LogP contribution is 2.30. The van der Waals surface area contributed by atoms with Crippen molar-refractivity contribution in [2.24, 2.45) is 5.92 Å². The van der Waals surface area contributed by atoms with Crippen molar-refractivity contribution in [1.82, 2.24) is 0 Å². The Labute approximate surface area is 229 Å². The molecular formula is C34H54O3. The lowest BCUT2D eigenvalue weighted by molar-refractivity contribution is 0.0549. The van der Waals surface area contributed by atoms with E-state index in [-0.39, 0.29) is 12.6 Å². The molecule has 0 amide bonds. The molecule has 0 saturated carbocycles. The third-order valence-electron chi connectivity index (χ3n) is 5.34. The Morgan fingerprint density at radius 1 is 1.00 bits per heavy atom. The van der Waals surface area contributed by atoms with Crippen molar-refractivity contribution in [2.45, 2.75) is 94.4 Å². The molecule has 1 atom stereocenters. The molecule has 0 spiro atoms. The predicted octanol–water partition coefficient (Wildman–Crippen LogP) is 10.4. The molecule has 0 fully saturated rings. The van der Waals surface area contributed by atoms with Crippen molar-refractivity contribution >= 4 is 11.5 Å². The summed E-state index contributed by atoms with van der Waals surface area (Å²) in [5.74, 6) is 1.81. The Morgan fingerprint density at radius 2 is 1.65 bits per heavy atom. The third kappa shape index (κ3) is 15.1. The third-order valence-corrected chi connectivity index (χ3v) is 5.34. The van der Waals surface area contributed by atoms with E-state index in [0.717, 1.165) is 42.8 Å². The quantitative estimate of drug-likeness (QED) is 0.223. The molecule has 1 unspecified atom stereocenters. The minimum Gasteiger partial charge on any atom is -0.494 e. The topological polar surface area (TPSA) is 35.5 Å². The predicted molar refractivity (Wildman–Crippen MR) is 164 cm³/mol. The molecule has 0 aliphatic heterocycles. The molecule has 0 heterocycles. The normalized spacial score (nSPS) is 10.4. The molecule has 2 aromatic carbocycles. The summed E-state index contributed by atoms with van der Waals surface area (Å²) in [5, 5.41) is 0. The van der Waals surface area contributed by atoms with E-state index in [9.17, 15) is 4.79 Å². The fourth-order valence-corrected chi connectivity index (χ4v) is 3.58. The molecular weight excluding hydrogens is 456 g/mol. The number of aryl methyl sites for hydroxylation is 1. The number of carbonyl (C=O) groups is 1. The molecule has 0 bridgehead atoms. The van der Waals surface area contributed by atoms with E-state index in [1.807, 2.05) is 77.1 Å². The summed E-state index contributed by atoms with van der Waals surface area (Å²) in [6.07, 6.45) is 4.85. The zero-order chi connectivity index (χ0) is 28.8. The van der Waals surface area contributed by atoms with Gasteiger partial charge in [0, 0.05) is 0 Å². The summed E-state index contributed by atoms with van der Waals surface area (Å²) in [4.78, 5) is 11.9. The maximum atomic E-state index is 11.9. The van der Waals surface area contributed by atoms with E-state index >= 15 is 0 Å². The van der Waals surface area contributed by atoms with Crippen LogP contribution in [0.2, 0.25) is 0 Å². The maximum Gasteiger partial charge on any atom is 0.338 e. The van der Waals surface area contributed by atoms with Crippen LogP contribution in [0.25, 0.3) is 5.57 Å². The summed E-state index contributed by atoms with van der Waals surface area (Å²) in [6.45, 7) is 29.4. The zero-order valence-electron chi connectivity index (χ0n) is 25.4. The fourth-order valence-electron chi connectivity index (χ4n) is 3.58. The Balaban J connectivity index is 0. The van der Waals surface area contributed by atoms with E-state index in [4.69, 9.17) is 9.47 Å². The van der Waals surface area contributed by atoms with Crippen LogP contribution in [0, 0.1) is 12.8 Å². The molecule has 0 aliphatic carbocycles. The van der Waals surface area contributed by atoms with E-state index in [1.54, 1.807) is 6.08 Å².